The van der Waals surface area contributed by atoms with Gasteiger partial charge in [-0.25, -0.2) is 8.78 Å². The highest BCUT2D eigenvalue weighted by atomic mass is 35.5. The van der Waals surface area contributed by atoms with E-state index in [9.17, 15) is 8.78 Å². The predicted octanol–water partition coefficient (Wildman–Crippen LogP) is 2.44. The highest BCUT2D eigenvalue weighted by Gasteiger charge is 2.11. The minimum Gasteiger partial charge on any atom is -0.330 e. The highest BCUT2D eigenvalue weighted by molar-refractivity contribution is 5.85. The van der Waals surface area contributed by atoms with Crippen LogP contribution in [-0.4, -0.2) is 11.5 Å². The molecular formula is C11H11ClF2N2. The van der Waals surface area contributed by atoms with Crippen molar-refractivity contribution in [2.24, 2.45) is 5.73 Å². The Balaban J connectivity index is 0.00000128. The van der Waals surface area contributed by atoms with Crippen LogP contribution in [0.15, 0.2) is 24.4 Å². The summed E-state index contributed by atoms with van der Waals surface area (Å²) in [7, 11) is 0. The lowest BCUT2D eigenvalue weighted by Gasteiger charge is -2.05. The van der Waals surface area contributed by atoms with E-state index in [0.717, 1.165) is 6.07 Å². The molecule has 0 saturated heterocycles. The summed E-state index contributed by atoms with van der Waals surface area (Å²) in [6, 6.07) is 4.26. The lowest BCUT2D eigenvalue weighted by molar-refractivity contribution is 0.600. The van der Waals surface area contributed by atoms with Crippen LogP contribution in [0.1, 0.15) is 5.56 Å². The normalized spacial score (nSPS) is 10.2. The van der Waals surface area contributed by atoms with Crippen molar-refractivity contribution in [2.75, 3.05) is 6.54 Å². The average molecular weight is 245 g/mol. The molecule has 0 fully saturated rings. The summed E-state index contributed by atoms with van der Waals surface area (Å²) in [5, 5.41) is 0.209. The summed E-state index contributed by atoms with van der Waals surface area (Å²) >= 11 is 0. The van der Waals surface area contributed by atoms with E-state index in [4.69, 9.17) is 5.73 Å². The van der Waals surface area contributed by atoms with Crippen LogP contribution >= 0.6 is 12.4 Å². The molecule has 1 heterocycles. The summed E-state index contributed by atoms with van der Waals surface area (Å²) in [6.07, 6.45) is 1.76. The Morgan fingerprint density at radius 1 is 1.31 bits per heavy atom. The Hall–Kier alpha value is -1.26. The Labute approximate surface area is 97.9 Å². The number of halogens is 3. The molecule has 2 rings (SSSR count). The van der Waals surface area contributed by atoms with E-state index in [1.54, 1.807) is 6.07 Å². The number of benzene rings is 1. The Kier molecular flexibility index (Phi) is 4.15. The number of rotatable bonds is 2. The minimum atomic E-state index is -0.504. The van der Waals surface area contributed by atoms with Crippen LogP contribution in [-0.2, 0) is 6.42 Å². The largest absolute Gasteiger partial charge is 0.330 e. The number of aromatic nitrogens is 1. The van der Waals surface area contributed by atoms with Gasteiger partial charge in [0, 0.05) is 11.6 Å². The zero-order chi connectivity index (χ0) is 10.8. The zero-order valence-corrected chi connectivity index (χ0v) is 9.23. The second-order valence-electron chi connectivity index (χ2n) is 3.27. The van der Waals surface area contributed by atoms with Crippen molar-refractivity contribution in [2.45, 2.75) is 6.42 Å². The van der Waals surface area contributed by atoms with Gasteiger partial charge in [-0.1, -0.05) is 0 Å². The quantitative estimate of drug-likeness (QED) is 0.881. The first kappa shape index (κ1) is 12.8. The predicted molar refractivity (Wildman–Crippen MR) is 61.7 cm³/mol. The van der Waals surface area contributed by atoms with Gasteiger partial charge in [-0.05, 0) is 36.7 Å². The van der Waals surface area contributed by atoms with E-state index >= 15 is 0 Å². The van der Waals surface area contributed by atoms with Gasteiger partial charge < -0.3 is 5.73 Å². The van der Waals surface area contributed by atoms with Crippen molar-refractivity contribution >= 4 is 23.3 Å². The van der Waals surface area contributed by atoms with Crippen molar-refractivity contribution in [3.63, 3.8) is 0 Å². The Bertz CT molecular complexity index is 503. The first-order valence-electron chi connectivity index (χ1n) is 4.65. The third-order valence-corrected chi connectivity index (χ3v) is 2.27. The standard InChI is InChI=1S/C11H10F2N2.ClH/c12-9-6-7(3-4-14)10(13)8-2-1-5-15-11(8)9;/h1-2,5-6H,3-4,14H2;1H. The van der Waals surface area contributed by atoms with Crippen LogP contribution < -0.4 is 5.73 Å². The van der Waals surface area contributed by atoms with Crippen molar-refractivity contribution in [3.05, 3.63) is 41.6 Å². The van der Waals surface area contributed by atoms with Gasteiger partial charge >= 0.3 is 0 Å². The third kappa shape index (κ3) is 2.13. The summed E-state index contributed by atoms with van der Waals surface area (Å²) in [5.41, 5.74) is 5.69. The van der Waals surface area contributed by atoms with Gasteiger partial charge in [0.15, 0.2) is 0 Å². The molecule has 2 aromatic rings. The van der Waals surface area contributed by atoms with Crippen LogP contribution in [0.5, 0.6) is 0 Å². The second-order valence-corrected chi connectivity index (χ2v) is 3.27. The average Bonchev–Trinajstić information content (AvgIpc) is 2.26. The molecule has 0 spiro atoms. The number of nitrogens with two attached hydrogens (primary N) is 1. The van der Waals surface area contributed by atoms with E-state index in [-0.39, 0.29) is 23.3 Å². The third-order valence-electron chi connectivity index (χ3n) is 2.27. The number of hydrogen-bond donors (Lipinski definition) is 1. The molecule has 1 aromatic heterocycles. The van der Waals surface area contributed by atoms with Crippen molar-refractivity contribution in [1.82, 2.24) is 4.98 Å². The number of nitrogens with zero attached hydrogens (tertiary/aromatic N) is 1. The zero-order valence-electron chi connectivity index (χ0n) is 8.41. The van der Waals surface area contributed by atoms with Gasteiger partial charge in [0.1, 0.15) is 17.2 Å². The summed E-state index contributed by atoms with van der Waals surface area (Å²) in [6.45, 7) is 0.294. The number of fused-ring (bicyclic) bond motifs is 1. The lowest BCUT2D eigenvalue weighted by Crippen LogP contribution is -2.05. The van der Waals surface area contributed by atoms with Crippen molar-refractivity contribution in [3.8, 4) is 0 Å². The Morgan fingerprint density at radius 2 is 2.06 bits per heavy atom. The number of pyridine rings is 1. The highest BCUT2D eigenvalue weighted by Crippen LogP contribution is 2.22. The van der Waals surface area contributed by atoms with Crippen LogP contribution in [0.2, 0.25) is 0 Å². The van der Waals surface area contributed by atoms with E-state index in [1.165, 1.54) is 12.3 Å². The van der Waals surface area contributed by atoms with Gasteiger partial charge in [0.25, 0.3) is 0 Å². The molecule has 0 aliphatic rings. The van der Waals surface area contributed by atoms with Gasteiger partial charge in [-0.15, -0.1) is 12.4 Å². The van der Waals surface area contributed by atoms with Gasteiger partial charge in [0.05, 0.1) is 0 Å². The first-order valence-corrected chi connectivity index (χ1v) is 4.65. The lowest BCUT2D eigenvalue weighted by atomic mass is 10.1. The first-order chi connectivity index (χ1) is 7.24. The van der Waals surface area contributed by atoms with Crippen molar-refractivity contribution < 1.29 is 8.78 Å². The fraction of sp³-hybridized carbons (Fsp3) is 0.182. The van der Waals surface area contributed by atoms with Crippen LogP contribution in [0.25, 0.3) is 10.9 Å². The maximum atomic E-state index is 13.8. The molecule has 2 nitrogen and oxygen atoms in total. The molecule has 0 unspecified atom stereocenters. The molecule has 0 aliphatic heterocycles. The fourth-order valence-corrected chi connectivity index (χ4v) is 1.57. The minimum absolute atomic E-state index is 0. The molecule has 1 aromatic carbocycles. The summed E-state index contributed by atoms with van der Waals surface area (Å²) in [4.78, 5) is 3.80. The van der Waals surface area contributed by atoms with Crippen LogP contribution in [0.3, 0.4) is 0 Å². The molecule has 0 aliphatic carbocycles. The topological polar surface area (TPSA) is 38.9 Å². The fourth-order valence-electron chi connectivity index (χ4n) is 1.57. The van der Waals surface area contributed by atoms with E-state index in [0.29, 0.717) is 18.5 Å². The molecule has 0 saturated carbocycles. The Morgan fingerprint density at radius 3 is 2.75 bits per heavy atom. The molecule has 86 valence electrons. The maximum Gasteiger partial charge on any atom is 0.149 e. The van der Waals surface area contributed by atoms with Crippen molar-refractivity contribution in [1.29, 1.82) is 0 Å². The maximum absolute atomic E-state index is 13.8. The molecule has 0 radical (unpaired) electrons. The number of hydrogen-bond acceptors (Lipinski definition) is 2. The van der Waals surface area contributed by atoms with Gasteiger partial charge in [-0.3, -0.25) is 4.98 Å². The van der Waals surface area contributed by atoms with Gasteiger partial charge in [-0.2, -0.15) is 0 Å². The van der Waals surface area contributed by atoms with Gasteiger partial charge in [0.2, 0.25) is 0 Å². The molecular weight excluding hydrogens is 234 g/mol. The molecule has 16 heavy (non-hydrogen) atoms. The van der Waals surface area contributed by atoms with E-state index < -0.39 is 11.6 Å². The van der Waals surface area contributed by atoms with E-state index in [2.05, 4.69) is 4.98 Å². The molecule has 0 atom stereocenters. The van der Waals surface area contributed by atoms with Crippen LogP contribution in [0, 0.1) is 11.6 Å². The second kappa shape index (κ2) is 5.18. The summed E-state index contributed by atoms with van der Waals surface area (Å²) in [5.74, 6) is -0.930. The molecule has 0 bridgehead atoms. The SMILES string of the molecule is Cl.NCCc1cc(F)c2ncccc2c1F. The smallest absolute Gasteiger partial charge is 0.149 e. The van der Waals surface area contributed by atoms with E-state index in [1.807, 2.05) is 0 Å². The van der Waals surface area contributed by atoms with Crippen LogP contribution in [0.4, 0.5) is 8.78 Å². The monoisotopic (exact) mass is 244 g/mol. The molecule has 2 N–H and O–H groups in total. The molecule has 0 amide bonds. The molecule has 5 heteroatoms. The summed E-state index contributed by atoms with van der Waals surface area (Å²) < 4.78 is 27.3.